The lowest BCUT2D eigenvalue weighted by Gasteiger charge is -2.29. The Morgan fingerprint density at radius 3 is 2.83 bits per heavy atom. The fourth-order valence-corrected chi connectivity index (χ4v) is 3.16. The van der Waals surface area contributed by atoms with Crippen molar-refractivity contribution in [1.29, 1.82) is 0 Å². The molecule has 98 valence electrons. The molecule has 0 aliphatic carbocycles. The van der Waals surface area contributed by atoms with Crippen LogP contribution in [0.1, 0.15) is 32.6 Å². The number of anilines is 1. The highest BCUT2D eigenvalue weighted by Crippen LogP contribution is 2.27. The van der Waals surface area contributed by atoms with Gasteiger partial charge in [0.15, 0.2) is 5.82 Å². The van der Waals surface area contributed by atoms with E-state index in [1.807, 2.05) is 6.92 Å². The van der Waals surface area contributed by atoms with Crippen LogP contribution >= 0.6 is 0 Å². The van der Waals surface area contributed by atoms with E-state index in [1.54, 1.807) is 17.0 Å². The largest absolute Gasteiger partial charge is 0.363 e. The lowest BCUT2D eigenvalue weighted by molar-refractivity contribution is 0.377. The zero-order valence-electron chi connectivity index (χ0n) is 10.7. The average molecular weight is 248 g/mol. The fraction of sp³-hybridized carbons (Fsp3) is 0.692. The first kappa shape index (κ1) is 11.7. The number of nitrogens with one attached hydrogen (secondary N) is 2. The van der Waals surface area contributed by atoms with Crippen LogP contribution in [0.25, 0.3) is 0 Å². The Bertz CT molecular complexity index is 472. The summed E-state index contributed by atoms with van der Waals surface area (Å²) in [5, 5.41) is 6.94. The van der Waals surface area contributed by atoms with E-state index in [2.05, 4.69) is 15.6 Å². The van der Waals surface area contributed by atoms with Gasteiger partial charge in [0.2, 0.25) is 0 Å². The summed E-state index contributed by atoms with van der Waals surface area (Å²) in [5.41, 5.74) is -0.00844. The maximum absolute atomic E-state index is 12.1. The van der Waals surface area contributed by atoms with Gasteiger partial charge in [-0.2, -0.15) is 0 Å². The topological polar surface area (TPSA) is 59.0 Å². The number of aromatic nitrogens is 2. The molecule has 2 aliphatic heterocycles. The minimum atomic E-state index is -0.00844. The predicted molar refractivity (Wildman–Crippen MR) is 70.8 cm³/mol. The predicted octanol–water partition coefficient (Wildman–Crippen LogP) is 0.958. The molecule has 2 bridgehead atoms. The molecule has 3 heterocycles. The number of piperidine rings is 1. The smallest absolute Gasteiger partial charge is 0.293 e. The molecule has 2 unspecified atom stereocenters. The van der Waals surface area contributed by atoms with Gasteiger partial charge in [-0.25, -0.2) is 4.98 Å². The molecule has 1 aromatic heterocycles. The number of fused-ring (bicyclic) bond motifs is 2. The molecule has 0 saturated carbocycles. The second kappa shape index (κ2) is 4.72. The zero-order valence-corrected chi connectivity index (χ0v) is 10.7. The highest BCUT2D eigenvalue weighted by atomic mass is 16.1. The summed E-state index contributed by atoms with van der Waals surface area (Å²) in [6.45, 7) is 2.66. The SMILES string of the molecule is CCn1ccnc(NC2CC3CCC(C2)N3)c1=O. The lowest BCUT2D eigenvalue weighted by atomic mass is 10.00. The van der Waals surface area contributed by atoms with Crippen LogP contribution < -0.4 is 16.2 Å². The number of aryl methyl sites for hydroxylation is 1. The monoisotopic (exact) mass is 248 g/mol. The molecule has 2 atom stereocenters. The first-order chi connectivity index (χ1) is 8.76. The normalized spacial score (nSPS) is 30.4. The molecule has 5 heteroatoms. The summed E-state index contributed by atoms with van der Waals surface area (Å²) >= 11 is 0. The fourth-order valence-electron chi connectivity index (χ4n) is 3.16. The molecule has 1 aromatic rings. The van der Waals surface area contributed by atoms with Crippen LogP contribution in [0.5, 0.6) is 0 Å². The van der Waals surface area contributed by atoms with Crippen LogP contribution in [-0.4, -0.2) is 27.7 Å². The van der Waals surface area contributed by atoms with Gasteiger partial charge in [-0.15, -0.1) is 0 Å². The van der Waals surface area contributed by atoms with Crippen molar-refractivity contribution in [2.45, 2.75) is 57.3 Å². The molecular weight excluding hydrogens is 228 g/mol. The molecule has 0 amide bonds. The van der Waals surface area contributed by atoms with E-state index in [9.17, 15) is 4.79 Å². The second-order valence-electron chi connectivity index (χ2n) is 5.32. The highest BCUT2D eigenvalue weighted by molar-refractivity contribution is 5.33. The van der Waals surface area contributed by atoms with Gasteiger partial charge in [-0.3, -0.25) is 4.79 Å². The van der Waals surface area contributed by atoms with E-state index >= 15 is 0 Å². The van der Waals surface area contributed by atoms with Gasteiger partial charge in [0.25, 0.3) is 5.56 Å². The van der Waals surface area contributed by atoms with Crippen LogP contribution in [0.15, 0.2) is 17.2 Å². The number of rotatable bonds is 3. The average Bonchev–Trinajstić information content (AvgIpc) is 2.71. The molecule has 0 spiro atoms. The maximum Gasteiger partial charge on any atom is 0.293 e. The van der Waals surface area contributed by atoms with Crippen molar-refractivity contribution in [3.05, 3.63) is 22.7 Å². The Hall–Kier alpha value is -1.36. The standard InChI is InChI=1S/C13H20N4O/c1-2-17-6-5-14-12(13(17)18)16-11-7-9-3-4-10(8-11)15-9/h5-6,9-11,15H,2-4,7-8H2,1H3,(H,14,16). The van der Waals surface area contributed by atoms with Crippen LogP contribution in [0.2, 0.25) is 0 Å². The molecule has 2 aliphatic rings. The zero-order chi connectivity index (χ0) is 12.5. The van der Waals surface area contributed by atoms with Crippen molar-refractivity contribution >= 4 is 5.82 Å². The molecule has 18 heavy (non-hydrogen) atoms. The lowest BCUT2D eigenvalue weighted by Crippen LogP contribution is -2.44. The first-order valence-electron chi connectivity index (χ1n) is 6.84. The van der Waals surface area contributed by atoms with Crippen molar-refractivity contribution in [3.63, 3.8) is 0 Å². The van der Waals surface area contributed by atoms with Gasteiger partial charge in [-0.1, -0.05) is 0 Å². The van der Waals surface area contributed by atoms with Crippen LogP contribution in [-0.2, 0) is 6.54 Å². The van der Waals surface area contributed by atoms with E-state index < -0.39 is 0 Å². The summed E-state index contributed by atoms with van der Waals surface area (Å²) in [7, 11) is 0. The van der Waals surface area contributed by atoms with Crippen molar-refractivity contribution in [2.24, 2.45) is 0 Å². The van der Waals surface area contributed by atoms with Gasteiger partial charge in [-0.05, 0) is 32.6 Å². The minimum absolute atomic E-state index is 0.00844. The Kier molecular flexibility index (Phi) is 3.07. The van der Waals surface area contributed by atoms with E-state index in [-0.39, 0.29) is 5.56 Å². The summed E-state index contributed by atoms with van der Waals surface area (Å²) < 4.78 is 1.69. The molecule has 0 aromatic carbocycles. The van der Waals surface area contributed by atoms with Crippen LogP contribution in [0, 0.1) is 0 Å². The number of hydrogen-bond donors (Lipinski definition) is 2. The molecule has 3 rings (SSSR count). The van der Waals surface area contributed by atoms with Crippen molar-refractivity contribution in [3.8, 4) is 0 Å². The van der Waals surface area contributed by atoms with Gasteiger partial charge < -0.3 is 15.2 Å². The number of nitrogens with zero attached hydrogens (tertiary/aromatic N) is 2. The molecule has 2 fully saturated rings. The van der Waals surface area contributed by atoms with Crippen molar-refractivity contribution in [1.82, 2.24) is 14.9 Å². The molecule has 2 N–H and O–H groups in total. The Balaban J connectivity index is 1.75. The summed E-state index contributed by atoms with van der Waals surface area (Å²) in [4.78, 5) is 16.3. The van der Waals surface area contributed by atoms with Crippen LogP contribution in [0.4, 0.5) is 5.82 Å². The third kappa shape index (κ3) is 2.14. The Morgan fingerprint density at radius 2 is 2.17 bits per heavy atom. The summed E-state index contributed by atoms with van der Waals surface area (Å²) in [6, 6.07) is 1.63. The minimum Gasteiger partial charge on any atom is -0.363 e. The molecule has 5 nitrogen and oxygen atoms in total. The van der Waals surface area contributed by atoms with E-state index in [1.165, 1.54) is 12.8 Å². The van der Waals surface area contributed by atoms with Crippen molar-refractivity contribution < 1.29 is 0 Å². The Morgan fingerprint density at radius 1 is 1.44 bits per heavy atom. The number of hydrogen-bond acceptors (Lipinski definition) is 4. The first-order valence-corrected chi connectivity index (χ1v) is 6.84. The molecular formula is C13H20N4O. The summed E-state index contributed by atoms with van der Waals surface area (Å²) in [6.07, 6.45) is 8.16. The van der Waals surface area contributed by atoms with E-state index in [0.717, 1.165) is 12.8 Å². The van der Waals surface area contributed by atoms with E-state index in [0.29, 0.717) is 30.5 Å². The third-order valence-corrected chi connectivity index (χ3v) is 4.07. The van der Waals surface area contributed by atoms with Gasteiger partial charge in [0, 0.05) is 37.1 Å². The Labute approximate surface area is 107 Å². The van der Waals surface area contributed by atoms with Gasteiger partial charge in [0.05, 0.1) is 0 Å². The van der Waals surface area contributed by atoms with Gasteiger partial charge in [0.1, 0.15) is 0 Å². The highest BCUT2D eigenvalue weighted by Gasteiger charge is 2.33. The van der Waals surface area contributed by atoms with E-state index in [4.69, 9.17) is 0 Å². The molecule has 2 saturated heterocycles. The van der Waals surface area contributed by atoms with Crippen LogP contribution in [0.3, 0.4) is 0 Å². The van der Waals surface area contributed by atoms with Crippen molar-refractivity contribution in [2.75, 3.05) is 5.32 Å². The second-order valence-corrected chi connectivity index (χ2v) is 5.32. The molecule has 0 radical (unpaired) electrons. The quantitative estimate of drug-likeness (QED) is 0.836. The van der Waals surface area contributed by atoms with Gasteiger partial charge >= 0.3 is 0 Å². The third-order valence-electron chi connectivity index (χ3n) is 4.07. The summed E-state index contributed by atoms with van der Waals surface area (Å²) in [5.74, 6) is 0.505. The maximum atomic E-state index is 12.1.